The number of aromatic nitrogens is 1. The van der Waals surface area contributed by atoms with Crippen LogP contribution in [0.5, 0.6) is 0 Å². The summed E-state index contributed by atoms with van der Waals surface area (Å²) in [5.74, 6) is 0. The zero-order valence-electron chi connectivity index (χ0n) is 13.5. The van der Waals surface area contributed by atoms with Crippen molar-refractivity contribution in [3.63, 3.8) is 0 Å². The molecule has 0 radical (unpaired) electrons. The Bertz CT molecular complexity index is 629. The summed E-state index contributed by atoms with van der Waals surface area (Å²) in [6.45, 7) is 1.96. The van der Waals surface area contributed by atoms with E-state index < -0.39 is 10.2 Å². The van der Waals surface area contributed by atoms with Crippen LogP contribution in [0.4, 0.5) is 0 Å². The molecule has 0 saturated carbocycles. The lowest BCUT2D eigenvalue weighted by Crippen LogP contribution is -2.68. The largest absolute Gasteiger partial charge is 0.373 e. The first kappa shape index (κ1) is 16.8. The molecule has 0 N–H and O–H groups in total. The van der Waals surface area contributed by atoms with Crippen LogP contribution in [0.1, 0.15) is 18.4 Å². The van der Waals surface area contributed by atoms with Gasteiger partial charge in [0.15, 0.2) is 0 Å². The average molecular weight is 341 g/mol. The molecule has 8 heteroatoms. The van der Waals surface area contributed by atoms with Crippen molar-refractivity contribution in [2.75, 3.05) is 33.8 Å². The van der Waals surface area contributed by atoms with Crippen molar-refractivity contribution in [2.24, 2.45) is 0 Å². The van der Waals surface area contributed by atoms with E-state index in [0.29, 0.717) is 26.3 Å². The highest BCUT2D eigenvalue weighted by atomic mass is 32.2. The van der Waals surface area contributed by atoms with E-state index in [1.807, 2.05) is 12.1 Å². The standard InChI is InChI=1S/C15H23N3O4S/c1-17(2)23(19,20)18-11-15(12-18)9-14(5-8-22-15)21-10-13-3-6-16-7-4-13/h3-4,6-7,14H,5,8-12H2,1-2H3. The Kier molecular flexibility index (Phi) is 4.70. The predicted octanol–water partition coefficient (Wildman–Crippen LogP) is 0.638. The molecule has 1 aromatic heterocycles. The third kappa shape index (κ3) is 3.56. The number of hydrogen-bond acceptors (Lipinski definition) is 5. The van der Waals surface area contributed by atoms with Gasteiger partial charge < -0.3 is 9.47 Å². The van der Waals surface area contributed by atoms with Crippen LogP contribution in [-0.2, 0) is 26.3 Å². The maximum atomic E-state index is 12.1. The maximum absolute atomic E-state index is 12.1. The average Bonchev–Trinajstić information content (AvgIpc) is 2.51. The minimum absolute atomic E-state index is 0.0983. The summed E-state index contributed by atoms with van der Waals surface area (Å²) in [5, 5.41) is 0. The monoisotopic (exact) mass is 341 g/mol. The van der Waals surface area contributed by atoms with Crippen LogP contribution in [0, 0.1) is 0 Å². The SMILES string of the molecule is CN(C)S(=O)(=O)N1CC2(CC(OCc3ccncc3)CCO2)C1. The molecule has 0 bridgehead atoms. The molecule has 23 heavy (non-hydrogen) atoms. The summed E-state index contributed by atoms with van der Waals surface area (Å²) in [6, 6.07) is 3.87. The zero-order valence-corrected chi connectivity index (χ0v) is 14.3. The first-order valence-electron chi connectivity index (χ1n) is 7.73. The van der Waals surface area contributed by atoms with E-state index in [9.17, 15) is 8.42 Å². The van der Waals surface area contributed by atoms with Gasteiger partial charge in [-0.2, -0.15) is 17.0 Å². The zero-order chi connectivity index (χ0) is 16.5. The lowest BCUT2D eigenvalue weighted by atomic mass is 9.86. The van der Waals surface area contributed by atoms with Gasteiger partial charge in [-0.3, -0.25) is 4.98 Å². The van der Waals surface area contributed by atoms with Gasteiger partial charge in [0.05, 0.1) is 18.3 Å². The van der Waals surface area contributed by atoms with Gasteiger partial charge in [0.25, 0.3) is 10.2 Å². The van der Waals surface area contributed by atoms with Gasteiger partial charge in [-0.25, -0.2) is 0 Å². The quantitative estimate of drug-likeness (QED) is 0.786. The summed E-state index contributed by atoms with van der Waals surface area (Å²) < 4.78 is 38.7. The number of hydrogen-bond donors (Lipinski definition) is 0. The van der Waals surface area contributed by atoms with Crippen LogP contribution < -0.4 is 0 Å². The fourth-order valence-corrected chi connectivity index (χ4v) is 4.29. The first-order valence-corrected chi connectivity index (χ1v) is 9.13. The molecule has 7 nitrogen and oxygen atoms in total. The Labute approximate surface area is 137 Å². The van der Waals surface area contributed by atoms with Crippen molar-refractivity contribution >= 4 is 10.2 Å². The van der Waals surface area contributed by atoms with Crippen LogP contribution >= 0.6 is 0 Å². The minimum Gasteiger partial charge on any atom is -0.373 e. The van der Waals surface area contributed by atoms with Crippen LogP contribution in [-0.4, -0.2) is 67.5 Å². The number of nitrogens with zero attached hydrogens (tertiary/aromatic N) is 3. The van der Waals surface area contributed by atoms with Crippen LogP contribution in [0.2, 0.25) is 0 Å². The van der Waals surface area contributed by atoms with Crippen molar-refractivity contribution in [1.29, 1.82) is 0 Å². The van der Waals surface area contributed by atoms with Crippen LogP contribution in [0.3, 0.4) is 0 Å². The minimum atomic E-state index is -3.35. The highest BCUT2D eigenvalue weighted by molar-refractivity contribution is 7.86. The van der Waals surface area contributed by atoms with Crippen molar-refractivity contribution in [1.82, 2.24) is 13.6 Å². The van der Waals surface area contributed by atoms with Crippen molar-refractivity contribution in [2.45, 2.75) is 31.2 Å². The summed E-state index contributed by atoms with van der Waals surface area (Å²) in [7, 11) is -0.261. The van der Waals surface area contributed by atoms with E-state index in [1.54, 1.807) is 26.5 Å². The summed E-state index contributed by atoms with van der Waals surface area (Å²) in [6.07, 6.45) is 5.17. The summed E-state index contributed by atoms with van der Waals surface area (Å²) >= 11 is 0. The van der Waals surface area contributed by atoms with Gasteiger partial charge in [0.1, 0.15) is 0 Å². The van der Waals surface area contributed by atoms with E-state index in [0.717, 1.165) is 18.4 Å². The third-order valence-corrected chi connectivity index (χ3v) is 6.23. The van der Waals surface area contributed by atoms with Crippen molar-refractivity contribution in [3.05, 3.63) is 30.1 Å². The molecule has 2 aliphatic rings. The maximum Gasteiger partial charge on any atom is 0.281 e. The van der Waals surface area contributed by atoms with E-state index in [1.165, 1.54) is 8.61 Å². The lowest BCUT2D eigenvalue weighted by molar-refractivity contribution is -0.181. The Morgan fingerprint density at radius 3 is 2.74 bits per heavy atom. The van der Waals surface area contributed by atoms with Crippen molar-refractivity contribution < 1.29 is 17.9 Å². The molecular formula is C15H23N3O4S. The van der Waals surface area contributed by atoms with Crippen molar-refractivity contribution in [3.8, 4) is 0 Å². The second-order valence-electron chi connectivity index (χ2n) is 6.37. The second kappa shape index (κ2) is 6.45. The Hall–Kier alpha value is -1.06. The normalized spacial score (nSPS) is 24.7. The molecule has 3 rings (SSSR count). The van der Waals surface area contributed by atoms with Crippen LogP contribution in [0.25, 0.3) is 0 Å². The highest BCUT2D eigenvalue weighted by Gasteiger charge is 2.52. The lowest BCUT2D eigenvalue weighted by Gasteiger charge is -2.52. The molecule has 1 aromatic rings. The molecule has 1 atom stereocenters. The summed E-state index contributed by atoms with van der Waals surface area (Å²) in [5.41, 5.74) is 0.704. The molecule has 2 aliphatic heterocycles. The number of rotatable bonds is 5. The topological polar surface area (TPSA) is 72.0 Å². The molecule has 128 valence electrons. The van der Waals surface area contributed by atoms with E-state index in [4.69, 9.17) is 9.47 Å². The Balaban J connectivity index is 1.54. The Morgan fingerprint density at radius 2 is 2.09 bits per heavy atom. The van der Waals surface area contributed by atoms with Gasteiger partial charge in [0.2, 0.25) is 0 Å². The van der Waals surface area contributed by atoms with E-state index >= 15 is 0 Å². The second-order valence-corrected chi connectivity index (χ2v) is 8.51. The predicted molar refractivity (Wildman–Crippen MR) is 84.9 cm³/mol. The fourth-order valence-electron chi connectivity index (χ4n) is 3.03. The molecule has 2 saturated heterocycles. The Morgan fingerprint density at radius 1 is 1.39 bits per heavy atom. The fraction of sp³-hybridized carbons (Fsp3) is 0.667. The van der Waals surface area contributed by atoms with Gasteiger partial charge in [0, 0.05) is 52.6 Å². The molecule has 1 spiro atoms. The smallest absolute Gasteiger partial charge is 0.281 e. The van der Waals surface area contributed by atoms with Gasteiger partial charge in [-0.1, -0.05) is 0 Å². The van der Waals surface area contributed by atoms with Gasteiger partial charge >= 0.3 is 0 Å². The number of pyridine rings is 1. The van der Waals surface area contributed by atoms with E-state index in [-0.39, 0.29) is 11.7 Å². The van der Waals surface area contributed by atoms with Gasteiger partial charge in [-0.05, 0) is 24.1 Å². The third-order valence-electron chi connectivity index (χ3n) is 4.40. The van der Waals surface area contributed by atoms with E-state index in [2.05, 4.69) is 4.98 Å². The highest BCUT2D eigenvalue weighted by Crippen LogP contribution is 2.37. The van der Waals surface area contributed by atoms with Gasteiger partial charge in [-0.15, -0.1) is 0 Å². The molecule has 1 unspecified atom stereocenters. The summed E-state index contributed by atoms with van der Waals surface area (Å²) in [4.78, 5) is 3.99. The molecule has 2 fully saturated rings. The first-order chi connectivity index (χ1) is 10.9. The molecule has 0 amide bonds. The molecular weight excluding hydrogens is 318 g/mol. The molecule has 3 heterocycles. The molecule has 0 aliphatic carbocycles. The molecule has 0 aromatic carbocycles. The van der Waals surface area contributed by atoms with Crippen LogP contribution in [0.15, 0.2) is 24.5 Å². The number of ether oxygens (including phenoxy) is 2.